The molecule has 8 heteroatoms. The molecule has 0 rings (SSSR count). The molecule has 1 unspecified atom stereocenters. The Morgan fingerprint density at radius 1 is 1.30 bits per heavy atom. The van der Waals surface area contributed by atoms with E-state index in [1.54, 1.807) is 0 Å². The molecule has 0 bridgehead atoms. The Hall–Kier alpha value is 0.00688. The van der Waals surface area contributed by atoms with E-state index < -0.39 is 23.8 Å². The highest BCUT2D eigenvalue weighted by Crippen LogP contribution is 2.05. The van der Waals surface area contributed by atoms with Crippen molar-refractivity contribution in [2.24, 2.45) is 0 Å². The zero-order chi connectivity index (χ0) is 8.58. The minimum Gasteiger partial charge on any atom is -0.389 e. The molecule has 0 spiro atoms. The lowest BCUT2D eigenvalue weighted by molar-refractivity contribution is 0.224. The van der Waals surface area contributed by atoms with E-state index in [0.717, 1.165) is 6.92 Å². The van der Waals surface area contributed by atoms with Crippen molar-refractivity contribution in [3.05, 3.63) is 0 Å². The summed E-state index contributed by atoms with van der Waals surface area (Å²) in [4.78, 5) is 23.1. The first-order valence-electron chi connectivity index (χ1n) is 2.29. The molecule has 0 heterocycles. The molecule has 0 aromatic carbocycles. The average molecular weight is 188 g/mol. The van der Waals surface area contributed by atoms with Crippen molar-refractivity contribution in [3.8, 4) is 0 Å². The maximum absolute atomic E-state index is 10.1. The molecule has 0 aliphatic heterocycles. The molecule has 0 radical (unpaired) electrons. The average Bonchev–Trinajstić information content (AvgIpc) is 1.59. The number of rotatable bonds is 2. The Morgan fingerprint density at radius 2 is 1.60 bits per heavy atom. The Labute approximate surface area is 58.9 Å². The van der Waals surface area contributed by atoms with E-state index in [1.165, 1.54) is 0 Å². The zero-order valence-corrected chi connectivity index (χ0v) is 6.91. The molecular formula is C2H8O6SSi. The predicted molar refractivity (Wildman–Crippen MR) is 33.4 cm³/mol. The normalized spacial score (nSPS) is 16.9. The monoisotopic (exact) mass is 188 g/mol. The summed E-state index contributed by atoms with van der Waals surface area (Å²) in [7, 11) is -9.28. The summed E-state index contributed by atoms with van der Waals surface area (Å²) in [5.74, 6) is 0. The van der Waals surface area contributed by atoms with Crippen molar-refractivity contribution in [2.75, 3.05) is 0 Å². The summed E-state index contributed by atoms with van der Waals surface area (Å²) in [6, 6.07) is 0. The second-order valence-corrected chi connectivity index (χ2v) is 6.24. The van der Waals surface area contributed by atoms with Crippen LogP contribution in [-0.4, -0.2) is 41.0 Å². The van der Waals surface area contributed by atoms with E-state index in [0.29, 0.717) is 0 Å². The minimum atomic E-state index is -4.73. The molecule has 0 aromatic heterocycles. The summed E-state index contributed by atoms with van der Waals surface area (Å²) in [5.41, 5.74) is 0. The summed E-state index contributed by atoms with van der Waals surface area (Å²) in [6.45, 7) is 0.807. The van der Waals surface area contributed by atoms with E-state index in [4.69, 9.17) is 18.9 Å². The van der Waals surface area contributed by atoms with Gasteiger partial charge in [-0.2, -0.15) is 8.42 Å². The van der Waals surface area contributed by atoms with Gasteiger partial charge in [0, 0.05) is 0 Å². The van der Waals surface area contributed by atoms with Crippen LogP contribution < -0.4 is 0 Å². The molecule has 0 saturated heterocycles. The van der Waals surface area contributed by atoms with Crippen LogP contribution in [0.25, 0.3) is 0 Å². The third-order valence-corrected chi connectivity index (χ3v) is 4.82. The van der Waals surface area contributed by atoms with Crippen LogP contribution in [0, 0.1) is 0 Å². The van der Waals surface area contributed by atoms with E-state index in [1.807, 2.05) is 0 Å². The third kappa shape index (κ3) is 2.73. The molecule has 0 aliphatic carbocycles. The molecule has 0 amide bonds. The van der Waals surface area contributed by atoms with Gasteiger partial charge in [0.25, 0.3) is 10.1 Å². The highest BCUT2D eigenvalue weighted by atomic mass is 32.2. The minimum absolute atomic E-state index is 0.807. The van der Waals surface area contributed by atoms with Crippen LogP contribution in [0.5, 0.6) is 0 Å². The number of hydrogen-bond donors (Lipinski definition) is 4. The Morgan fingerprint density at radius 3 is 1.60 bits per heavy atom. The predicted octanol–water partition coefficient (Wildman–Crippen LogP) is -2.28. The standard InChI is InChI=1S/C2H8O6SSi/c1-2(9(3,4)5)10(6,7)8/h2,6-8H,1H3,(H,3,4,5). The summed E-state index contributed by atoms with van der Waals surface area (Å²) in [6.07, 6.45) is 0. The third-order valence-electron chi connectivity index (χ3n) is 0.992. The molecule has 0 aromatic rings. The van der Waals surface area contributed by atoms with Gasteiger partial charge in [0.15, 0.2) is 4.87 Å². The van der Waals surface area contributed by atoms with Crippen LogP contribution in [0.1, 0.15) is 6.92 Å². The first-order valence-corrected chi connectivity index (χ1v) is 5.71. The maximum atomic E-state index is 10.1. The van der Waals surface area contributed by atoms with Crippen molar-refractivity contribution < 1.29 is 27.4 Å². The number of hydrogen-bond acceptors (Lipinski definition) is 5. The van der Waals surface area contributed by atoms with Crippen molar-refractivity contribution in [2.45, 2.75) is 11.8 Å². The Balaban J connectivity index is 4.56. The van der Waals surface area contributed by atoms with Crippen LogP contribution >= 0.6 is 0 Å². The SMILES string of the molecule is CC([Si](O)(O)O)S(=O)(=O)O. The molecule has 1 atom stereocenters. The molecule has 62 valence electrons. The zero-order valence-electron chi connectivity index (χ0n) is 5.09. The lowest BCUT2D eigenvalue weighted by Gasteiger charge is -2.13. The van der Waals surface area contributed by atoms with Gasteiger partial charge in [-0.25, -0.2) is 0 Å². The fraction of sp³-hybridized carbons (Fsp3) is 1.00. The van der Waals surface area contributed by atoms with E-state index in [2.05, 4.69) is 0 Å². The molecule has 0 fully saturated rings. The van der Waals surface area contributed by atoms with E-state index >= 15 is 0 Å². The summed E-state index contributed by atoms with van der Waals surface area (Å²) < 4.78 is 28.3. The van der Waals surface area contributed by atoms with Crippen LogP contribution in [-0.2, 0) is 10.1 Å². The Bertz CT molecular complexity index is 200. The summed E-state index contributed by atoms with van der Waals surface area (Å²) >= 11 is 0. The lowest BCUT2D eigenvalue weighted by Crippen LogP contribution is -2.50. The van der Waals surface area contributed by atoms with Crippen molar-refractivity contribution in [3.63, 3.8) is 0 Å². The van der Waals surface area contributed by atoms with Gasteiger partial charge in [0.1, 0.15) is 0 Å². The van der Waals surface area contributed by atoms with Gasteiger partial charge in [0.2, 0.25) is 0 Å². The van der Waals surface area contributed by atoms with E-state index in [-0.39, 0.29) is 0 Å². The van der Waals surface area contributed by atoms with Gasteiger partial charge >= 0.3 is 8.80 Å². The Kier molecular flexibility index (Phi) is 2.57. The van der Waals surface area contributed by atoms with Crippen molar-refractivity contribution in [1.82, 2.24) is 0 Å². The second kappa shape index (κ2) is 2.56. The van der Waals surface area contributed by atoms with Crippen molar-refractivity contribution >= 4 is 18.9 Å². The quantitative estimate of drug-likeness (QED) is 0.286. The first-order chi connectivity index (χ1) is 4.15. The van der Waals surface area contributed by atoms with Gasteiger partial charge < -0.3 is 14.4 Å². The first kappa shape index (κ1) is 10.0. The van der Waals surface area contributed by atoms with Gasteiger partial charge in [-0.1, -0.05) is 0 Å². The lowest BCUT2D eigenvalue weighted by atomic mass is 11.0. The molecule has 10 heavy (non-hydrogen) atoms. The maximum Gasteiger partial charge on any atom is 0.514 e. The highest BCUT2D eigenvalue weighted by Gasteiger charge is 2.44. The fourth-order valence-corrected chi connectivity index (χ4v) is 1.80. The van der Waals surface area contributed by atoms with Crippen LogP contribution in [0.2, 0.25) is 0 Å². The topological polar surface area (TPSA) is 115 Å². The van der Waals surface area contributed by atoms with E-state index in [9.17, 15) is 8.42 Å². The smallest absolute Gasteiger partial charge is 0.389 e. The fourth-order valence-electron chi connectivity index (χ4n) is 0.200. The molecule has 0 aliphatic rings. The van der Waals surface area contributed by atoms with Crippen LogP contribution in [0.3, 0.4) is 0 Å². The van der Waals surface area contributed by atoms with Gasteiger partial charge in [-0.3, -0.25) is 4.55 Å². The summed E-state index contributed by atoms with van der Waals surface area (Å²) in [5, 5.41) is 0. The largest absolute Gasteiger partial charge is 0.514 e. The second-order valence-electron chi connectivity index (χ2n) is 1.84. The highest BCUT2D eigenvalue weighted by molar-refractivity contribution is 7.88. The molecule has 0 saturated carbocycles. The van der Waals surface area contributed by atoms with Crippen LogP contribution in [0.15, 0.2) is 0 Å². The molecule has 4 N–H and O–H groups in total. The van der Waals surface area contributed by atoms with Gasteiger partial charge in [0.05, 0.1) is 0 Å². The molecular weight excluding hydrogens is 180 g/mol. The van der Waals surface area contributed by atoms with Gasteiger partial charge in [-0.15, -0.1) is 0 Å². The van der Waals surface area contributed by atoms with Crippen LogP contribution in [0.4, 0.5) is 0 Å². The van der Waals surface area contributed by atoms with Gasteiger partial charge in [-0.05, 0) is 6.92 Å². The molecule has 6 nitrogen and oxygen atoms in total. The van der Waals surface area contributed by atoms with Crippen molar-refractivity contribution in [1.29, 1.82) is 0 Å².